The molecule has 6 rings (SSSR count). The van der Waals surface area contributed by atoms with Gasteiger partial charge in [0.2, 0.25) is 0 Å². The van der Waals surface area contributed by atoms with Crippen molar-refractivity contribution in [2.75, 3.05) is 0 Å². The second kappa shape index (κ2) is 6.75. The van der Waals surface area contributed by atoms with E-state index in [-0.39, 0.29) is 11.8 Å². The van der Waals surface area contributed by atoms with E-state index < -0.39 is 5.41 Å². The predicted molar refractivity (Wildman–Crippen MR) is 123 cm³/mol. The Bertz CT molecular complexity index is 1160. The van der Waals surface area contributed by atoms with E-state index in [1.54, 1.807) is 12.1 Å². The standard InChI is InChI=1S/C29H24O2/c30-25-15-7-13-21-23(19-9-3-1-4-10-19)17-29(27(21)25)18-24(20-11-5-2-6-12-20)22-14-8-16-26(31)28(22)29/h1-16,23-24,30-31H,17-18H2. The summed E-state index contributed by atoms with van der Waals surface area (Å²) >= 11 is 0. The normalized spacial score (nSPS) is 23.6. The van der Waals surface area contributed by atoms with Crippen molar-refractivity contribution in [3.63, 3.8) is 0 Å². The van der Waals surface area contributed by atoms with Crippen LogP contribution in [0.25, 0.3) is 0 Å². The van der Waals surface area contributed by atoms with E-state index in [1.165, 1.54) is 22.3 Å². The Hall–Kier alpha value is -3.52. The first-order valence-corrected chi connectivity index (χ1v) is 10.9. The van der Waals surface area contributed by atoms with Gasteiger partial charge in [0.05, 0.1) is 0 Å². The molecule has 2 N–H and O–H groups in total. The zero-order chi connectivity index (χ0) is 21.0. The van der Waals surface area contributed by atoms with Crippen molar-refractivity contribution >= 4 is 0 Å². The number of fused-ring (bicyclic) bond motifs is 4. The molecule has 152 valence electrons. The topological polar surface area (TPSA) is 40.5 Å². The first-order chi connectivity index (χ1) is 15.2. The molecule has 2 unspecified atom stereocenters. The van der Waals surface area contributed by atoms with Gasteiger partial charge in [-0.3, -0.25) is 0 Å². The highest BCUT2D eigenvalue weighted by molar-refractivity contribution is 5.66. The monoisotopic (exact) mass is 404 g/mol. The number of rotatable bonds is 2. The van der Waals surface area contributed by atoms with Crippen LogP contribution in [0.3, 0.4) is 0 Å². The van der Waals surface area contributed by atoms with Gasteiger partial charge in [-0.2, -0.15) is 0 Å². The van der Waals surface area contributed by atoms with Crippen LogP contribution in [-0.2, 0) is 5.41 Å². The quantitative estimate of drug-likeness (QED) is 0.403. The summed E-state index contributed by atoms with van der Waals surface area (Å²) in [7, 11) is 0. The lowest BCUT2D eigenvalue weighted by atomic mass is 9.74. The average Bonchev–Trinajstić information content (AvgIpc) is 3.32. The van der Waals surface area contributed by atoms with Crippen molar-refractivity contribution in [2.45, 2.75) is 30.1 Å². The van der Waals surface area contributed by atoms with Crippen LogP contribution >= 0.6 is 0 Å². The third-order valence-corrected chi connectivity index (χ3v) is 7.37. The molecule has 0 saturated carbocycles. The summed E-state index contributed by atoms with van der Waals surface area (Å²) in [6.45, 7) is 0. The van der Waals surface area contributed by atoms with Crippen LogP contribution in [0.4, 0.5) is 0 Å². The molecule has 4 aromatic carbocycles. The van der Waals surface area contributed by atoms with Crippen molar-refractivity contribution in [3.05, 3.63) is 130 Å². The van der Waals surface area contributed by atoms with Crippen LogP contribution in [0.15, 0.2) is 97.1 Å². The maximum absolute atomic E-state index is 11.1. The van der Waals surface area contributed by atoms with E-state index >= 15 is 0 Å². The van der Waals surface area contributed by atoms with Gasteiger partial charge >= 0.3 is 0 Å². The average molecular weight is 405 g/mol. The Morgan fingerprint density at radius 1 is 0.516 bits per heavy atom. The molecule has 2 heteroatoms. The maximum Gasteiger partial charge on any atom is 0.119 e. The highest BCUT2D eigenvalue weighted by Crippen LogP contribution is 2.65. The van der Waals surface area contributed by atoms with E-state index in [2.05, 4.69) is 60.7 Å². The number of aromatic hydroxyl groups is 2. The lowest BCUT2D eigenvalue weighted by Crippen LogP contribution is -2.22. The summed E-state index contributed by atoms with van der Waals surface area (Å²) in [4.78, 5) is 0. The summed E-state index contributed by atoms with van der Waals surface area (Å²) in [5.41, 5.74) is 6.43. The van der Waals surface area contributed by atoms with Crippen molar-refractivity contribution in [1.29, 1.82) is 0 Å². The molecule has 2 aliphatic rings. The molecule has 2 aliphatic carbocycles. The van der Waals surface area contributed by atoms with Crippen LogP contribution in [0.2, 0.25) is 0 Å². The smallest absolute Gasteiger partial charge is 0.119 e. The van der Waals surface area contributed by atoms with Gasteiger partial charge in [0, 0.05) is 28.4 Å². The van der Waals surface area contributed by atoms with E-state index in [4.69, 9.17) is 0 Å². The summed E-state index contributed by atoms with van der Waals surface area (Å²) in [6, 6.07) is 32.9. The van der Waals surface area contributed by atoms with Gasteiger partial charge in [0.1, 0.15) is 11.5 Å². The fraction of sp³-hybridized carbons (Fsp3) is 0.172. The molecule has 0 saturated heterocycles. The largest absolute Gasteiger partial charge is 0.508 e. The zero-order valence-corrected chi connectivity index (χ0v) is 17.2. The Kier molecular flexibility index (Phi) is 3.97. The molecule has 2 nitrogen and oxygen atoms in total. The maximum atomic E-state index is 11.1. The van der Waals surface area contributed by atoms with Crippen molar-refractivity contribution < 1.29 is 10.2 Å². The second-order valence-electron chi connectivity index (χ2n) is 8.90. The molecular formula is C29H24O2. The highest BCUT2D eigenvalue weighted by Gasteiger charge is 2.54. The van der Waals surface area contributed by atoms with E-state index in [9.17, 15) is 10.2 Å². The molecule has 0 aromatic heterocycles. The molecule has 31 heavy (non-hydrogen) atoms. The molecular weight excluding hydrogens is 380 g/mol. The molecule has 0 radical (unpaired) electrons. The van der Waals surface area contributed by atoms with Crippen LogP contribution in [0.5, 0.6) is 11.5 Å². The van der Waals surface area contributed by atoms with Crippen LogP contribution < -0.4 is 0 Å². The van der Waals surface area contributed by atoms with Crippen LogP contribution in [0.1, 0.15) is 58.1 Å². The summed E-state index contributed by atoms with van der Waals surface area (Å²) in [5.74, 6) is 1.04. The van der Waals surface area contributed by atoms with E-state index in [1.807, 2.05) is 24.3 Å². The zero-order valence-electron chi connectivity index (χ0n) is 17.2. The van der Waals surface area contributed by atoms with Gasteiger partial charge in [-0.05, 0) is 47.2 Å². The minimum atomic E-state index is -0.414. The lowest BCUT2D eigenvalue weighted by Gasteiger charge is -2.29. The van der Waals surface area contributed by atoms with Gasteiger partial charge in [-0.1, -0.05) is 84.9 Å². The van der Waals surface area contributed by atoms with Gasteiger partial charge in [-0.15, -0.1) is 0 Å². The van der Waals surface area contributed by atoms with Crippen LogP contribution in [-0.4, -0.2) is 10.2 Å². The number of phenolic OH excluding ortho intramolecular Hbond substituents is 2. The van der Waals surface area contributed by atoms with Gasteiger partial charge < -0.3 is 10.2 Å². The summed E-state index contributed by atoms with van der Waals surface area (Å²) in [5, 5.41) is 22.2. The molecule has 0 aliphatic heterocycles. The van der Waals surface area contributed by atoms with E-state index in [0.29, 0.717) is 11.5 Å². The number of hydrogen-bond acceptors (Lipinski definition) is 2. The molecule has 0 amide bonds. The Balaban J connectivity index is 1.61. The van der Waals surface area contributed by atoms with Crippen molar-refractivity contribution in [3.8, 4) is 11.5 Å². The van der Waals surface area contributed by atoms with Crippen LogP contribution in [0, 0.1) is 0 Å². The molecule has 4 aromatic rings. The fourth-order valence-electron chi connectivity index (χ4n) is 6.24. The molecule has 0 bridgehead atoms. The van der Waals surface area contributed by atoms with E-state index in [0.717, 1.165) is 24.0 Å². The van der Waals surface area contributed by atoms with Crippen molar-refractivity contribution in [1.82, 2.24) is 0 Å². The first-order valence-electron chi connectivity index (χ1n) is 10.9. The first kappa shape index (κ1) is 18.3. The molecule has 0 fully saturated rings. The minimum Gasteiger partial charge on any atom is -0.508 e. The Labute approximate surface area is 182 Å². The molecule has 0 heterocycles. The molecule has 2 atom stereocenters. The number of hydrogen-bond donors (Lipinski definition) is 2. The second-order valence-corrected chi connectivity index (χ2v) is 8.90. The summed E-state index contributed by atoms with van der Waals surface area (Å²) in [6.07, 6.45) is 1.69. The highest BCUT2D eigenvalue weighted by atomic mass is 16.3. The Morgan fingerprint density at radius 2 is 0.935 bits per heavy atom. The van der Waals surface area contributed by atoms with Gasteiger partial charge in [0.15, 0.2) is 0 Å². The minimum absolute atomic E-state index is 0.185. The summed E-state index contributed by atoms with van der Waals surface area (Å²) < 4.78 is 0. The van der Waals surface area contributed by atoms with Crippen molar-refractivity contribution in [2.24, 2.45) is 0 Å². The SMILES string of the molecule is Oc1cccc2c1C1(CC2c2ccccc2)CC(c2ccccc2)c2cccc(O)c21. The van der Waals surface area contributed by atoms with Gasteiger partial charge in [0.25, 0.3) is 0 Å². The third kappa shape index (κ3) is 2.58. The third-order valence-electron chi connectivity index (χ3n) is 7.37. The lowest BCUT2D eigenvalue weighted by molar-refractivity contribution is 0.406. The predicted octanol–water partition coefficient (Wildman–Crippen LogP) is 6.46. The molecule has 1 spiro atoms. The van der Waals surface area contributed by atoms with Gasteiger partial charge in [-0.25, -0.2) is 0 Å². The Morgan fingerprint density at radius 3 is 1.35 bits per heavy atom. The fourth-order valence-corrected chi connectivity index (χ4v) is 6.24. The number of benzene rings is 4. The number of phenols is 2.